The normalized spacial score (nSPS) is 18.4. The predicted molar refractivity (Wildman–Crippen MR) is 184 cm³/mol. The van der Waals surface area contributed by atoms with Crippen LogP contribution >= 0.6 is 0 Å². The summed E-state index contributed by atoms with van der Waals surface area (Å²) in [7, 11) is 0. The molecule has 0 radical (unpaired) electrons. The maximum absolute atomic E-state index is 13.9. The summed E-state index contributed by atoms with van der Waals surface area (Å²) in [5.41, 5.74) is 3.05. The van der Waals surface area contributed by atoms with Crippen LogP contribution in [-0.2, 0) is 28.7 Å². The van der Waals surface area contributed by atoms with Gasteiger partial charge in [-0.1, -0.05) is 94.9 Å². The Morgan fingerprint density at radius 3 is 1.68 bits per heavy atom. The maximum Gasteiger partial charge on any atom is 0.329 e. The molecule has 0 aromatic carbocycles. The second-order valence-corrected chi connectivity index (χ2v) is 15.5. The standard InChI is InChI=1S/C30H51N5O7.C3H8.C2H6/c1-28(2,3)21(33-27(41)34-22(29(4,5)6)26(40)42-30(7,8)9)25(39)35-15-11-14-19(35)24(38)32-18(20(36)23(31)37)16-17-12-10-13-17;1-3-2;1-2/h17-19,21-22H,10-16H2,1-9H3,(H2,31,37)(H,32,38)(H2,33,34,41);3H2,1-2H3;1-2H3. The number of carbonyl (C=O) groups is 6. The number of amides is 5. The third-order valence-corrected chi connectivity index (χ3v) is 7.68. The minimum atomic E-state index is -1.11. The molecule has 47 heavy (non-hydrogen) atoms. The molecule has 1 saturated carbocycles. The van der Waals surface area contributed by atoms with Crippen molar-refractivity contribution in [3.63, 3.8) is 0 Å². The van der Waals surface area contributed by atoms with Gasteiger partial charge in [0.05, 0.1) is 6.04 Å². The Labute approximate surface area is 283 Å². The zero-order valence-corrected chi connectivity index (χ0v) is 31.4. The van der Waals surface area contributed by atoms with Crippen molar-refractivity contribution in [2.75, 3.05) is 6.54 Å². The lowest BCUT2D eigenvalue weighted by Crippen LogP contribution is -2.62. The molecule has 4 atom stereocenters. The zero-order chi connectivity index (χ0) is 36.9. The summed E-state index contributed by atoms with van der Waals surface area (Å²) in [5.74, 6) is -3.32. The first-order valence-corrected chi connectivity index (χ1v) is 17.3. The molecule has 12 nitrogen and oxygen atoms in total. The molecular weight excluding hydrogens is 602 g/mol. The van der Waals surface area contributed by atoms with E-state index in [-0.39, 0.29) is 12.5 Å². The molecule has 2 aliphatic rings. The van der Waals surface area contributed by atoms with Crippen LogP contribution in [-0.4, -0.2) is 76.7 Å². The molecule has 0 aromatic rings. The smallest absolute Gasteiger partial charge is 0.329 e. The second-order valence-electron chi connectivity index (χ2n) is 15.5. The van der Waals surface area contributed by atoms with Crippen molar-refractivity contribution in [1.29, 1.82) is 0 Å². The molecule has 12 heteroatoms. The van der Waals surface area contributed by atoms with Crippen molar-refractivity contribution in [2.45, 2.75) is 165 Å². The second kappa shape index (κ2) is 19.0. The molecule has 5 amide bonds. The molecule has 1 saturated heterocycles. The zero-order valence-electron chi connectivity index (χ0n) is 31.4. The average Bonchev–Trinajstić information content (AvgIpc) is 3.40. The SMILES string of the molecule is CC.CC(C)(C)OC(=O)C(NC(=O)NC(C(=O)N1CCCC1C(=O)NC(CC1CCC1)C(=O)C(N)=O)C(C)(C)C)C(C)(C)C.CCC. The molecule has 0 aromatic heterocycles. The number of rotatable bonds is 10. The molecule has 1 heterocycles. The molecule has 5 N–H and O–H groups in total. The number of hydrogen-bond donors (Lipinski definition) is 4. The fourth-order valence-electron chi connectivity index (χ4n) is 5.14. The van der Waals surface area contributed by atoms with Crippen LogP contribution in [0.5, 0.6) is 0 Å². The lowest BCUT2D eigenvalue weighted by Gasteiger charge is -2.37. The van der Waals surface area contributed by atoms with Crippen LogP contribution in [0.2, 0.25) is 0 Å². The first-order valence-electron chi connectivity index (χ1n) is 17.3. The van der Waals surface area contributed by atoms with Crippen molar-refractivity contribution < 1.29 is 33.5 Å². The molecule has 0 bridgehead atoms. The van der Waals surface area contributed by atoms with Gasteiger partial charge >= 0.3 is 12.0 Å². The van der Waals surface area contributed by atoms with Gasteiger partial charge in [0, 0.05) is 6.54 Å². The third-order valence-electron chi connectivity index (χ3n) is 7.68. The van der Waals surface area contributed by atoms with Crippen LogP contribution < -0.4 is 21.7 Å². The van der Waals surface area contributed by atoms with Crippen molar-refractivity contribution in [2.24, 2.45) is 22.5 Å². The number of Topliss-reactive ketones (excluding diaryl/α,β-unsaturated/α-hetero) is 1. The van der Waals surface area contributed by atoms with Crippen molar-refractivity contribution in [3.05, 3.63) is 0 Å². The first kappa shape index (κ1) is 43.8. The van der Waals surface area contributed by atoms with E-state index >= 15 is 0 Å². The van der Waals surface area contributed by atoms with E-state index in [9.17, 15) is 28.8 Å². The summed E-state index contributed by atoms with van der Waals surface area (Å²) in [5, 5.41) is 8.10. The van der Waals surface area contributed by atoms with E-state index in [1.807, 2.05) is 13.8 Å². The minimum Gasteiger partial charge on any atom is -0.458 e. The van der Waals surface area contributed by atoms with Crippen molar-refractivity contribution in [3.8, 4) is 0 Å². The van der Waals surface area contributed by atoms with Gasteiger partial charge in [-0.2, -0.15) is 0 Å². The number of esters is 1. The van der Waals surface area contributed by atoms with E-state index in [1.165, 1.54) is 11.3 Å². The van der Waals surface area contributed by atoms with Crippen LogP contribution in [0.3, 0.4) is 0 Å². The van der Waals surface area contributed by atoms with Gasteiger partial charge in [0.2, 0.25) is 17.6 Å². The monoisotopic (exact) mass is 667 g/mol. The Balaban J connectivity index is 0.00000399. The maximum atomic E-state index is 13.9. The van der Waals surface area contributed by atoms with E-state index in [2.05, 4.69) is 29.8 Å². The van der Waals surface area contributed by atoms with Gasteiger partial charge in [-0.15, -0.1) is 0 Å². The van der Waals surface area contributed by atoms with Crippen LogP contribution in [0.25, 0.3) is 0 Å². The molecule has 2 rings (SSSR count). The number of carbonyl (C=O) groups excluding carboxylic acids is 6. The summed E-state index contributed by atoms with van der Waals surface area (Å²) in [6, 6.07) is -4.67. The van der Waals surface area contributed by atoms with E-state index < -0.39 is 76.1 Å². The van der Waals surface area contributed by atoms with Gasteiger partial charge < -0.3 is 31.3 Å². The van der Waals surface area contributed by atoms with Gasteiger partial charge in [0.25, 0.3) is 5.91 Å². The highest BCUT2D eigenvalue weighted by molar-refractivity contribution is 6.37. The number of nitrogens with one attached hydrogen (secondary N) is 3. The summed E-state index contributed by atoms with van der Waals surface area (Å²) in [6.07, 6.45) is 5.35. The van der Waals surface area contributed by atoms with E-state index in [4.69, 9.17) is 10.5 Å². The number of urea groups is 1. The topological polar surface area (TPSA) is 177 Å². The van der Waals surface area contributed by atoms with Gasteiger partial charge in [-0.05, 0) is 56.8 Å². The molecule has 272 valence electrons. The molecule has 1 aliphatic carbocycles. The van der Waals surface area contributed by atoms with E-state index in [0.717, 1.165) is 19.3 Å². The number of primary amides is 1. The minimum absolute atomic E-state index is 0.227. The molecule has 2 fully saturated rings. The highest BCUT2D eigenvalue weighted by atomic mass is 16.6. The molecule has 1 aliphatic heterocycles. The lowest BCUT2D eigenvalue weighted by atomic mass is 9.80. The summed E-state index contributed by atoms with van der Waals surface area (Å²) < 4.78 is 5.51. The van der Waals surface area contributed by atoms with Gasteiger partial charge in [-0.3, -0.25) is 19.2 Å². The number of ether oxygens (including phenoxy) is 1. The average molecular weight is 668 g/mol. The Morgan fingerprint density at radius 2 is 1.28 bits per heavy atom. The third kappa shape index (κ3) is 14.6. The van der Waals surface area contributed by atoms with Gasteiger partial charge in [-0.25, -0.2) is 9.59 Å². The Bertz CT molecular complexity index is 1070. The molecule has 0 spiro atoms. The van der Waals surface area contributed by atoms with E-state index in [0.29, 0.717) is 19.3 Å². The van der Waals surface area contributed by atoms with Crippen LogP contribution in [0, 0.1) is 16.7 Å². The van der Waals surface area contributed by atoms with E-state index in [1.54, 1.807) is 62.3 Å². The highest BCUT2D eigenvalue weighted by Crippen LogP contribution is 2.31. The summed E-state index contributed by atoms with van der Waals surface area (Å²) >= 11 is 0. The summed E-state index contributed by atoms with van der Waals surface area (Å²) in [6.45, 7) is 24.5. The number of ketones is 1. The molecule has 4 unspecified atom stereocenters. The lowest BCUT2D eigenvalue weighted by molar-refractivity contribution is -0.160. The van der Waals surface area contributed by atoms with Gasteiger partial charge in [0.1, 0.15) is 23.7 Å². The number of hydrogen-bond acceptors (Lipinski definition) is 7. The number of likely N-dealkylation sites (tertiary alicyclic amines) is 1. The van der Waals surface area contributed by atoms with Crippen molar-refractivity contribution in [1.82, 2.24) is 20.9 Å². The molecular formula is C35H65N5O7. The number of nitrogens with two attached hydrogens (primary N) is 1. The first-order chi connectivity index (χ1) is 21.5. The fourth-order valence-corrected chi connectivity index (χ4v) is 5.14. The largest absolute Gasteiger partial charge is 0.458 e. The van der Waals surface area contributed by atoms with Crippen LogP contribution in [0.1, 0.15) is 135 Å². The van der Waals surface area contributed by atoms with Crippen molar-refractivity contribution >= 4 is 35.5 Å². The van der Waals surface area contributed by atoms with Crippen LogP contribution in [0.15, 0.2) is 0 Å². The Morgan fingerprint density at radius 1 is 0.787 bits per heavy atom. The summed E-state index contributed by atoms with van der Waals surface area (Å²) in [4.78, 5) is 78.9. The Kier molecular flexibility index (Phi) is 17.7. The quantitative estimate of drug-likeness (QED) is 0.194. The van der Waals surface area contributed by atoms with Gasteiger partial charge in [0.15, 0.2) is 0 Å². The predicted octanol–water partition coefficient (Wildman–Crippen LogP) is 4.62. The van der Waals surface area contributed by atoms with Crippen LogP contribution in [0.4, 0.5) is 4.79 Å². The Hall–Kier alpha value is -3.18. The fraction of sp³-hybridized carbons (Fsp3) is 0.829. The number of nitrogens with zero attached hydrogens (tertiary/aromatic N) is 1. The highest BCUT2D eigenvalue weighted by Gasteiger charge is 2.44.